The van der Waals surface area contributed by atoms with Crippen molar-refractivity contribution in [2.24, 2.45) is 5.92 Å². The van der Waals surface area contributed by atoms with Gasteiger partial charge in [-0.15, -0.1) is 0 Å². The number of carbonyl (C=O) groups is 3. The highest BCUT2D eigenvalue weighted by Crippen LogP contribution is 2.35. The lowest BCUT2D eigenvalue weighted by molar-refractivity contribution is -0.143. The molecule has 35 heavy (non-hydrogen) atoms. The van der Waals surface area contributed by atoms with Gasteiger partial charge >= 0.3 is 0 Å². The number of ether oxygens (including phenoxy) is 2. The van der Waals surface area contributed by atoms with Gasteiger partial charge in [-0.1, -0.05) is 23.7 Å². The minimum Gasteiger partial charge on any atom is -0.476 e. The largest absolute Gasteiger partial charge is 0.476 e. The molecule has 2 aromatic rings. The van der Waals surface area contributed by atoms with Gasteiger partial charge in [0.1, 0.15) is 5.75 Å². The molecule has 2 atom stereocenters. The Morgan fingerprint density at radius 1 is 0.857 bits per heavy atom. The number of rotatable bonds is 3. The Balaban J connectivity index is 1.33. The van der Waals surface area contributed by atoms with Crippen molar-refractivity contribution < 1.29 is 23.9 Å². The molecule has 3 amide bonds. The van der Waals surface area contributed by atoms with Crippen LogP contribution in [0.1, 0.15) is 23.2 Å². The highest BCUT2D eigenvalue weighted by molar-refractivity contribution is 6.30. The van der Waals surface area contributed by atoms with Gasteiger partial charge < -0.3 is 24.2 Å². The molecule has 0 radical (unpaired) electrons. The Morgan fingerprint density at radius 2 is 1.60 bits per heavy atom. The van der Waals surface area contributed by atoms with Crippen LogP contribution in [0, 0.1) is 5.92 Å². The fourth-order valence-corrected chi connectivity index (χ4v) is 5.04. The minimum absolute atomic E-state index is 0.0888. The van der Waals surface area contributed by atoms with E-state index in [1.165, 1.54) is 0 Å². The van der Waals surface area contributed by atoms with E-state index in [4.69, 9.17) is 21.1 Å². The maximum Gasteiger partial charge on any atom is 0.265 e. The number of hydrogen-bond acceptors (Lipinski definition) is 5. The second-order valence-electron chi connectivity index (χ2n) is 9.06. The van der Waals surface area contributed by atoms with Gasteiger partial charge in [-0.05, 0) is 49.2 Å². The number of benzene rings is 2. The lowest BCUT2D eigenvalue weighted by Crippen LogP contribution is -2.56. The SMILES string of the molecule is O=C(c1ccc(Cl)cc1)N1CCCC(C(=O)N2CC(C(=O)N3CCOCC3)Oc3ccccc32)C1. The van der Waals surface area contributed by atoms with E-state index in [1.807, 2.05) is 18.2 Å². The maximum absolute atomic E-state index is 13.8. The van der Waals surface area contributed by atoms with Crippen LogP contribution in [0.25, 0.3) is 0 Å². The molecule has 0 saturated carbocycles. The predicted molar refractivity (Wildman–Crippen MR) is 131 cm³/mol. The zero-order chi connectivity index (χ0) is 24.4. The van der Waals surface area contributed by atoms with Crippen LogP contribution in [-0.2, 0) is 14.3 Å². The number of amides is 3. The quantitative estimate of drug-likeness (QED) is 0.651. The van der Waals surface area contributed by atoms with Crippen LogP contribution < -0.4 is 9.64 Å². The van der Waals surface area contributed by atoms with Gasteiger partial charge in [0.2, 0.25) is 5.91 Å². The number of anilines is 1. The zero-order valence-electron chi connectivity index (χ0n) is 19.4. The minimum atomic E-state index is -0.776. The van der Waals surface area contributed by atoms with Crippen LogP contribution in [0.2, 0.25) is 5.02 Å². The molecule has 0 N–H and O–H groups in total. The van der Waals surface area contributed by atoms with Crippen molar-refractivity contribution in [2.45, 2.75) is 18.9 Å². The molecule has 2 unspecified atom stereocenters. The summed E-state index contributed by atoms with van der Waals surface area (Å²) in [7, 11) is 0. The molecule has 0 spiro atoms. The van der Waals surface area contributed by atoms with E-state index < -0.39 is 6.10 Å². The van der Waals surface area contributed by atoms with Crippen LogP contribution >= 0.6 is 11.6 Å². The molecule has 3 aliphatic rings. The van der Waals surface area contributed by atoms with E-state index in [0.717, 1.165) is 6.42 Å². The van der Waals surface area contributed by atoms with E-state index in [0.29, 0.717) is 67.8 Å². The van der Waals surface area contributed by atoms with E-state index in [1.54, 1.807) is 45.0 Å². The monoisotopic (exact) mass is 497 g/mol. The van der Waals surface area contributed by atoms with Gasteiger partial charge in [0.25, 0.3) is 11.8 Å². The first kappa shape index (κ1) is 23.6. The highest BCUT2D eigenvalue weighted by Gasteiger charge is 2.39. The van der Waals surface area contributed by atoms with Gasteiger partial charge in [-0.25, -0.2) is 0 Å². The smallest absolute Gasteiger partial charge is 0.265 e. The summed E-state index contributed by atoms with van der Waals surface area (Å²) >= 11 is 5.96. The summed E-state index contributed by atoms with van der Waals surface area (Å²) in [6.07, 6.45) is 0.644. The fraction of sp³-hybridized carbons (Fsp3) is 0.423. The van der Waals surface area contributed by atoms with Crippen molar-refractivity contribution in [2.75, 3.05) is 50.8 Å². The summed E-state index contributed by atoms with van der Waals surface area (Å²) in [5.74, 6) is -0.172. The van der Waals surface area contributed by atoms with E-state index in [9.17, 15) is 14.4 Å². The summed E-state index contributed by atoms with van der Waals surface area (Å²) in [6.45, 7) is 3.10. The second-order valence-corrected chi connectivity index (χ2v) is 9.49. The molecule has 3 heterocycles. The van der Waals surface area contributed by atoms with Crippen molar-refractivity contribution in [3.05, 3.63) is 59.1 Å². The van der Waals surface area contributed by atoms with Gasteiger partial charge in [0.15, 0.2) is 6.10 Å². The average Bonchev–Trinajstić information content (AvgIpc) is 2.92. The second kappa shape index (κ2) is 10.3. The average molecular weight is 498 g/mol. The highest BCUT2D eigenvalue weighted by atomic mass is 35.5. The molecule has 184 valence electrons. The molecule has 8 nitrogen and oxygen atoms in total. The molecule has 2 saturated heterocycles. The summed E-state index contributed by atoms with van der Waals surface area (Å²) < 4.78 is 11.4. The molecule has 2 aromatic carbocycles. The molecule has 3 aliphatic heterocycles. The number of halogens is 1. The van der Waals surface area contributed by atoms with E-state index in [-0.39, 0.29) is 30.2 Å². The fourth-order valence-electron chi connectivity index (χ4n) is 4.92. The van der Waals surface area contributed by atoms with Crippen LogP contribution in [0.3, 0.4) is 0 Å². The molecular weight excluding hydrogens is 470 g/mol. The molecular formula is C26H28ClN3O5. The van der Waals surface area contributed by atoms with Gasteiger partial charge in [-0.3, -0.25) is 14.4 Å². The van der Waals surface area contributed by atoms with Crippen LogP contribution in [0.15, 0.2) is 48.5 Å². The van der Waals surface area contributed by atoms with Crippen LogP contribution in [-0.4, -0.2) is 79.6 Å². The third-order valence-corrected chi connectivity index (χ3v) is 7.04. The molecule has 0 bridgehead atoms. The van der Waals surface area contributed by atoms with Gasteiger partial charge in [-0.2, -0.15) is 0 Å². The van der Waals surface area contributed by atoms with Crippen molar-refractivity contribution in [1.29, 1.82) is 0 Å². The third-order valence-electron chi connectivity index (χ3n) is 6.79. The Morgan fingerprint density at radius 3 is 2.37 bits per heavy atom. The Kier molecular flexibility index (Phi) is 6.92. The first-order valence-corrected chi connectivity index (χ1v) is 12.4. The summed E-state index contributed by atoms with van der Waals surface area (Å²) in [5, 5.41) is 0.570. The van der Waals surface area contributed by atoms with Crippen LogP contribution in [0.5, 0.6) is 5.75 Å². The molecule has 0 aromatic heterocycles. The number of piperidine rings is 1. The number of nitrogens with zero attached hydrogens (tertiary/aromatic N) is 3. The summed E-state index contributed by atoms with van der Waals surface area (Å²) in [4.78, 5) is 45.1. The Hall–Kier alpha value is -3.10. The first-order valence-electron chi connectivity index (χ1n) is 12.0. The molecule has 5 rings (SSSR count). The third kappa shape index (κ3) is 4.99. The standard InChI is InChI=1S/C26H28ClN3O5/c27-20-9-7-18(8-10-20)24(31)29-11-3-4-19(16-29)25(32)30-17-23(26(33)28-12-14-34-15-13-28)35-22-6-2-1-5-21(22)30/h1-2,5-10,19,23H,3-4,11-17H2. The number of para-hydroxylation sites is 2. The normalized spacial score (nSPS) is 22.3. The number of carbonyl (C=O) groups excluding carboxylic acids is 3. The number of hydrogen-bond donors (Lipinski definition) is 0. The lowest BCUT2D eigenvalue weighted by atomic mass is 9.95. The molecule has 0 aliphatic carbocycles. The number of fused-ring (bicyclic) bond motifs is 1. The summed E-state index contributed by atoms with van der Waals surface area (Å²) in [5.41, 5.74) is 1.21. The van der Waals surface area contributed by atoms with Gasteiger partial charge in [0, 0.05) is 36.8 Å². The zero-order valence-corrected chi connectivity index (χ0v) is 20.2. The summed E-state index contributed by atoms with van der Waals surface area (Å²) in [6, 6.07) is 14.1. The van der Waals surface area contributed by atoms with Crippen molar-refractivity contribution >= 4 is 35.0 Å². The first-order chi connectivity index (χ1) is 17.0. The number of morpholine rings is 1. The van der Waals surface area contributed by atoms with Crippen LogP contribution in [0.4, 0.5) is 5.69 Å². The van der Waals surface area contributed by atoms with Crippen molar-refractivity contribution in [3.8, 4) is 5.75 Å². The Labute approximate surface area is 209 Å². The van der Waals surface area contributed by atoms with Crippen molar-refractivity contribution in [3.63, 3.8) is 0 Å². The van der Waals surface area contributed by atoms with Gasteiger partial charge in [0.05, 0.1) is 31.4 Å². The van der Waals surface area contributed by atoms with Crippen molar-refractivity contribution in [1.82, 2.24) is 9.80 Å². The molecule has 9 heteroatoms. The lowest BCUT2D eigenvalue weighted by Gasteiger charge is -2.40. The van der Waals surface area contributed by atoms with E-state index >= 15 is 0 Å². The van der Waals surface area contributed by atoms with E-state index in [2.05, 4.69) is 0 Å². The topological polar surface area (TPSA) is 79.4 Å². The maximum atomic E-state index is 13.8. The Bertz CT molecular complexity index is 1100. The predicted octanol–water partition coefficient (Wildman–Crippen LogP) is 2.85. The number of likely N-dealkylation sites (tertiary alicyclic amines) is 1. The molecule has 2 fully saturated rings.